The third-order valence-corrected chi connectivity index (χ3v) is 4.48. The molecule has 0 saturated heterocycles. The zero-order valence-electron chi connectivity index (χ0n) is 15.9. The predicted octanol–water partition coefficient (Wildman–Crippen LogP) is 3.57. The lowest BCUT2D eigenvalue weighted by molar-refractivity contribution is 0.102. The molecule has 2 amide bonds. The number of hydrogen-bond donors (Lipinski definition) is 2. The number of carbonyl (C=O) groups is 2. The maximum atomic E-state index is 12.8. The van der Waals surface area contributed by atoms with Crippen LogP contribution in [0.2, 0.25) is 0 Å². The highest BCUT2D eigenvalue weighted by Crippen LogP contribution is 2.33. The average Bonchev–Trinajstić information content (AvgIpc) is 3.06. The first-order valence-corrected chi connectivity index (χ1v) is 9.07. The number of hydrogen-bond acceptors (Lipinski definition) is 6. The Hall–Kier alpha value is -3.81. The van der Waals surface area contributed by atoms with Crippen molar-refractivity contribution in [2.45, 2.75) is 13.8 Å². The van der Waals surface area contributed by atoms with Crippen LogP contribution in [0.4, 0.5) is 11.4 Å². The van der Waals surface area contributed by atoms with E-state index in [0.717, 1.165) is 0 Å². The van der Waals surface area contributed by atoms with Crippen LogP contribution in [-0.2, 0) is 0 Å². The fraction of sp³-hybridized carbons (Fsp3) is 0.190. The summed E-state index contributed by atoms with van der Waals surface area (Å²) in [4.78, 5) is 25.5. The van der Waals surface area contributed by atoms with Gasteiger partial charge in [-0.2, -0.15) is 0 Å². The van der Waals surface area contributed by atoms with Gasteiger partial charge in [0, 0.05) is 11.8 Å². The molecule has 29 heavy (non-hydrogen) atoms. The van der Waals surface area contributed by atoms with E-state index >= 15 is 0 Å². The minimum absolute atomic E-state index is 0.322. The number of nitrogens with zero attached hydrogens (tertiary/aromatic N) is 1. The third kappa shape index (κ3) is 3.77. The summed E-state index contributed by atoms with van der Waals surface area (Å²) >= 11 is 0. The van der Waals surface area contributed by atoms with Crippen molar-refractivity contribution in [3.05, 3.63) is 65.0 Å². The highest BCUT2D eigenvalue weighted by molar-refractivity contribution is 6.13. The number of benzene rings is 2. The van der Waals surface area contributed by atoms with E-state index in [1.165, 1.54) is 0 Å². The van der Waals surface area contributed by atoms with E-state index < -0.39 is 0 Å². The van der Waals surface area contributed by atoms with Gasteiger partial charge >= 0.3 is 0 Å². The molecule has 0 bridgehead atoms. The number of carbonyl (C=O) groups excluding carboxylic acids is 2. The topological polar surface area (TPSA) is 103 Å². The number of anilines is 2. The van der Waals surface area contributed by atoms with Crippen molar-refractivity contribution >= 4 is 23.2 Å². The number of aryl methyl sites for hydroxylation is 2. The Morgan fingerprint density at radius 3 is 2.45 bits per heavy atom. The quantitative estimate of drug-likeness (QED) is 0.703. The molecule has 148 valence electrons. The van der Waals surface area contributed by atoms with E-state index in [-0.39, 0.29) is 11.8 Å². The Kier molecular flexibility index (Phi) is 4.90. The van der Waals surface area contributed by atoms with E-state index in [9.17, 15) is 9.59 Å². The van der Waals surface area contributed by atoms with Gasteiger partial charge in [-0.05, 0) is 38.1 Å². The van der Waals surface area contributed by atoms with Gasteiger partial charge in [0.25, 0.3) is 11.8 Å². The molecule has 2 aromatic carbocycles. The van der Waals surface area contributed by atoms with Crippen LogP contribution in [0.1, 0.15) is 32.2 Å². The van der Waals surface area contributed by atoms with Crippen molar-refractivity contribution in [2.24, 2.45) is 0 Å². The highest BCUT2D eigenvalue weighted by Gasteiger charge is 2.20. The summed E-state index contributed by atoms with van der Waals surface area (Å²) in [6.07, 6.45) is 0. The van der Waals surface area contributed by atoms with Crippen molar-refractivity contribution in [2.75, 3.05) is 23.8 Å². The molecule has 2 N–H and O–H groups in total. The van der Waals surface area contributed by atoms with Gasteiger partial charge in [0.2, 0.25) is 0 Å². The zero-order valence-corrected chi connectivity index (χ0v) is 15.9. The van der Waals surface area contributed by atoms with Crippen molar-refractivity contribution in [1.29, 1.82) is 0 Å². The van der Waals surface area contributed by atoms with E-state index in [1.807, 2.05) is 0 Å². The average molecular weight is 393 g/mol. The van der Waals surface area contributed by atoms with Crippen LogP contribution in [0.25, 0.3) is 0 Å². The number of amides is 2. The van der Waals surface area contributed by atoms with Gasteiger partial charge in [0.1, 0.15) is 24.5 Å². The van der Waals surface area contributed by atoms with Gasteiger partial charge in [0.15, 0.2) is 11.5 Å². The molecule has 0 radical (unpaired) electrons. The summed E-state index contributed by atoms with van der Waals surface area (Å²) in [5.74, 6) is 0.880. The maximum absolute atomic E-state index is 12.8. The van der Waals surface area contributed by atoms with Crippen LogP contribution in [0.5, 0.6) is 11.5 Å². The summed E-state index contributed by atoms with van der Waals surface area (Å²) < 4.78 is 16.1. The van der Waals surface area contributed by atoms with Crippen LogP contribution in [0, 0.1) is 13.8 Å². The smallest absolute Gasteiger partial charge is 0.261 e. The summed E-state index contributed by atoms with van der Waals surface area (Å²) in [6.45, 7) is 4.30. The minimum atomic E-state index is -0.388. The normalized spacial score (nSPS) is 12.3. The number of ether oxygens (including phenoxy) is 2. The molecule has 0 spiro atoms. The molecular formula is C21H19N3O5. The Balaban J connectivity index is 1.55. The molecule has 0 unspecified atom stereocenters. The summed E-state index contributed by atoms with van der Waals surface area (Å²) in [6, 6.07) is 11.9. The second-order valence-corrected chi connectivity index (χ2v) is 6.51. The monoisotopic (exact) mass is 393 g/mol. The Morgan fingerprint density at radius 1 is 0.931 bits per heavy atom. The van der Waals surface area contributed by atoms with Crippen LogP contribution in [0.3, 0.4) is 0 Å². The third-order valence-electron chi connectivity index (χ3n) is 4.48. The van der Waals surface area contributed by atoms with E-state index in [1.54, 1.807) is 56.3 Å². The molecule has 0 saturated carbocycles. The number of nitrogens with one attached hydrogen (secondary N) is 2. The fourth-order valence-corrected chi connectivity index (χ4v) is 3.10. The molecule has 2 heterocycles. The van der Waals surface area contributed by atoms with Crippen molar-refractivity contribution in [3.8, 4) is 11.5 Å². The largest absolute Gasteiger partial charge is 0.486 e. The Bertz CT molecular complexity index is 1070. The van der Waals surface area contributed by atoms with Gasteiger partial charge in [0.05, 0.1) is 16.9 Å². The molecule has 3 aromatic rings. The van der Waals surface area contributed by atoms with E-state index in [2.05, 4.69) is 15.8 Å². The lowest BCUT2D eigenvalue weighted by atomic mass is 10.1. The number of rotatable bonds is 4. The van der Waals surface area contributed by atoms with Crippen LogP contribution in [0.15, 0.2) is 47.0 Å². The van der Waals surface area contributed by atoms with Crippen LogP contribution in [-0.4, -0.2) is 30.2 Å². The molecular weight excluding hydrogens is 374 g/mol. The van der Waals surface area contributed by atoms with Crippen molar-refractivity contribution in [3.63, 3.8) is 0 Å². The van der Waals surface area contributed by atoms with Gasteiger partial charge < -0.3 is 24.6 Å². The summed E-state index contributed by atoms with van der Waals surface area (Å²) in [7, 11) is 0. The molecule has 0 aliphatic carbocycles. The second-order valence-electron chi connectivity index (χ2n) is 6.51. The molecule has 8 heteroatoms. The Morgan fingerprint density at radius 2 is 1.69 bits per heavy atom. The number of fused-ring (bicyclic) bond motifs is 1. The predicted molar refractivity (Wildman–Crippen MR) is 106 cm³/mol. The maximum Gasteiger partial charge on any atom is 0.261 e. The number of aromatic nitrogens is 1. The van der Waals surface area contributed by atoms with Gasteiger partial charge in [-0.1, -0.05) is 17.3 Å². The van der Waals surface area contributed by atoms with Gasteiger partial charge in [-0.25, -0.2) is 0 Å². The van der Waals surface area contributed by atoms with Gasteiger partial charge in [-0.15, -0.1) is 0 Å². The molecule has 0 atom stereocenters. The highest BCUT2D eigenvalue weighted by atomic mass is 16.6. The van der Waals surface area contributed by atoms with Gasteiger partial charge in [-0.3, -0.25) is 9.59 Å². The summed E-state index contributed by atoms with van der Waals surface area (Å²) in [5.41, 5.74) is 2.10. The number of para-hydroxylation sites is 1. The first kappa shape index (κ1) is 18.5. The zero-order chi connectivity index (χ0) is 20.4. The molecule has 1 aliphatic rings. The first-order valence-electron chi connectivity index (χ1n) is 9.07. The molecule has 4 rings (SSSR count). The van der Waals surface area contributed by atoms with Crippen LogP contribution >= 0.6 is 0 Å². The molecule has 0 fully saturated rings. The van der Waals surface area contributed by atoms with Crippen molar-refractivity contribution < 1.29 is 23.6 Å². The SMILES string of the molecule is Cc1noc(C)c1C(=O)Nc1ccccc1C(=O)Nc1ccc2c(c1)OCCO2. The lowest BCUT2D eigenvalue weighted by Crippen LogP contribution is -2.19. The van der Waals surface area contributed by atoms with Crippen LogP contribution < -0.4 is 20.1 Å². The summed E-state index contributed by atoms with van der Waals surface area (Å²) in [5, 5.41) is 9.38. The Labute approximate surface area is 166 Å². The second kappa shape index (κ2) is 7.67. The molecule has 1 aromatic heterocycles. The fourth-order valence-electron chi connectivity index (χ4n) is 3.10. The van der Waals surface area contributed by atoms with E-state index in [0.29, 0.717) is 58.7 Å². The minimum Gasteiger partial charge on any atom is -0.486 e. The standard InChI is InChI=1S/C21H19N3O5/c1-12-19(13(2)29-24-12)21(26)23-16-6-4-3-5-15(16)20(25)22-14-7-8-17-18(11-14)28-10-9-27-17/h3-8,11H,9-10H2,1-2H3,(H,22,25)(H,23,26). The lowest BCUT2D eigenvalue weighted by Gasteiger charge is -2.19. The first-order chi connectivity index (χ1) is 14.0. The van der Waals surface area contributed by atoms with Crippen molar-refractivity contribution in [1.82, 2.24) is 5.16 Å². The molecule has 8 nitrogen and oxygen atoms in total. The van der Waals surface area contributed by atoms with E-state index in [4.69, 9.17) is 14.0 Å². The molecule has 1 aliphatic heterocycles.